The fourth-order valence-electron chi connectivity index (χ4n) is 5.51. The number of nitrogens with one attached hydrogen (secondary N) is 1. The number of fused-ring (bicyclic) bond motifs is 1. The van der Waals surface area contributed by atoms with Crippen molar-refractivity contribution in [3.63, 3.8) is 0 Å². The summed E-state index contributed by atoms with van der Waals surface area (Å²) in [4.78, 5) is 40.6. The summed E-state index contributed by atoms with van der Waals surface area (Å²) in [5.74, 6) is -0.0433. The van der Waals surface area contributed by atoms with Gasteiger partial charge in [-0.15, -0.1) is 0 Å². The van der Waals surface area contributed by atoms with Gasteiger partial charge in [0, 0.05) is 44.8 Å². The lowest BCUT2D eigenvalue weighted by Crippen LogP contribution is -2.52. The Balaban J connectivity index is 1.27. The number of imide groups is 1. The minimum Gasteiger partial charge on any atom is -0.489 e. The van der Waals surface area contributed by atoms with Gasteiger partial charge in [-0.2, -0.15) is 0 Å². The van der Waals surface area contributed by atoms with E-state index in [9.17, 15) is 14.4 Å². The van der Waals surface area contributed by atoms with Crippen LogP contribution in [0.5, 0.6) is 5.75 Å². The fraction of sp³-hybridized carbons (Fsp3) is 0.609. The van der Waals surface area contributed by atoms with Gasteiger partial charge in [-0.1, -0.05) is 0 Å². The van der Waals surface area contributed by atoms with E-state index in [0.717, 1.165) is 50.1 Å². The second kappa shape index (κ2) is 8.24. The molecule has 0 bridgehead atoms. The summed E-state index contributed by atoms with van der Waals surface area (Å²) in [6.07, 6.45) is 5.45. The highest BCUT2D eigenvalue weighted by Crippen LogP contribution is 2.34. The van der Waals surface area contributed by atoms with Gasteiger partial charge in [-0.25, -0.2) is 0 Å². The van der Waals surface area contributed by atoms with E-state index in [1.807, 2.05) is 12.1 Å². The molecule has 4 aliphatic rings. The second-order valence-electron chi connectivity index (χ2n) is 9.01. The molecule has 4 unspecified atom stereocenters. The monoisotopic (exact) mass is 427 g/mol. The molecule has 31 heavy (non-hydrogen) atoms. The van der Waals surface area contributed by atoms with Crippen molar-refractivity contribution in [1.82, 2.24) is 15.1 Å². The van der Waals surface area contributed by atoms with Crippen LogP contribution in [-0.2, 0) is 20.9 Å². The molecule has 3 heterocycles. The highest BCUT2D eigenvalue weighted by atomic mass is 16.5. The van der Waals surface area contributed by atoms with Crippen LogP contribution in [0.4, 0.5) is 0 Å². The number of methoxy groups -OCH3 is 1. The number of benzene rings is 1. The first kappa shape index (κ1) is 20.5. The summed E-state index contributed by atoms with van der Waals surface area (Å²) in [5.41, 5.74) is 1.49. The van der Waals surface area contributed by atoms with E-state index < -0.39 is 6.04 Å². The lowest BCUT2D eigenvalue weighted by Gasteiger charge is -2.30. The predicted molar refractivity (Wildman–Crippen MR) is 112 cm³/mol. The highest BCUT2D eigenvalue weighted by molar-refractivity contribution is 6.05. The molecule has 4 atom stereocenters. The van der Waals surface area contributed by atoms with Crippen LogP contribution in [0.1, 0.15) is 54.4 Å². The van der Waals surface area contributed by atoms with Gasteiger partial charge in [-0.05, 0) is 55.9 Å². The van der Waals surface area contributed by atoms with Crippen LogP contribution in [-0.4, -0.2) is 72.0 Å². The molecule has 0 spiro atoms. The smallest absolute Gasteiger partial charge is 0.255 e. The maximum atomic E-state index is 12.9. The van der Waals surface area contributed by atoms with Gasteiger partial charge in [-0.3, -0.25) is 24.6 Å². The number of amides is 3. The Morgan fingerprint density at radius 2 is 1.97 bits per heavy atom. The molecule has 1 aliphatic carbocycles. The zero-order valence-corrected chi connectivity index (χ0v) is 17.8. The van der Waals surface area contributed by atoms with E-state index in [1.54, 1.807) is 18.1 Å². The van der Waals surface area contributed by atoms with Gasteiger partial charge in [0.25, 0.3) is 5.91 Å². The molecule has 166 valence electrons. The first-order chi connectivity index (χ1) is 15.0. The van der Waals surface area contributed by atoms with Gasteiger partial charge >= 0.3 is 0 Å². The summed E-state index contributed by atoms with van der Waals surface area (Å²) in [5, 5.41) is 2.34. The predicted octanol–water partition coefficient (Wildman–Crippen LogP) is 1.47. The molecule has 5 rings (SSSR count). The number of hydrogen-bond donors (Lipinski definition) is 1. The van der Waals surface area contributed by atoms with Crippen molar-refractivity contribution in [2.75, 3.05) is 20.2 Å². The first-order valence-corrected chi connectivity index (χ1v) is 11.2. The largest absolute Gasteiger partial charge is 0.489 e. The van der Waals surface area contributed by atoms with Crippen LogP contribution < -0.4 is 10.1 Å². The molecule has 1 N–H and O–H groups in total. The zero-order valence-electron chi connectivity index (χ0n) is 17.8. The standard InChI is InChI=1S/C23H29N3O5/c1-30-16-9-10-25(13-16)18-3-2-4-20(18)31-15-5-6-17-14(11-15)12-26(23(17)29)19-7-8-21(27)24-22(19)28/h5-6,11,16,18-20H,2-4,7-10,12-13H2,1H3,(H,24,27,28). The van der Waals surface area contributed by atoms with Gasteiger partial charge in [0.15, 0.2) is 0 Å². The van der Waals surface area contributed by atoms with E-state index in [0.29, 0.717) is 30.7 Å². The number of ether oxygens (including phenoxy) is 2. The topological polar surface area (TPSA) is 88.2 Å². The average Bonchev–Trinajstić information content (AvgIpc) is 3.47. The van der Waals surface area contributed by atoms with E-state index in [4.69, 9.17) is 9.47 Å². The normalized spacial score (nSPS) is 31.3. The molecule has 3 aliphatic heterocycles. The molecule has 0 aromatic heterocycles. The number of rotatable bonds is 5. The highest BCUT2D eigenvalue weighted by Gasteiger charge is 2.40. The lowest BCUT2D eigenvalue weighted by molar-refractivity contribution is -0.136. The number of hydrogen-bond acceptors (Lipinski definition) is 6. The maximum Gasteiger partial charge on any atom is 0.255 e. The van der Waals surface area contributed by atoms with E-state index in [-0.39, 0.29) is 30.2 Å². The molecular formula is C23H29N3O5. The molecule has 1 aromatic rings. The average molecular weight is 428 g/mol. The number of nitrogens with zero attached hydrogens (tertiary/aromatic N) is 2. The van der Waals surface area contributed by atoms with E-state index in [2.05, 4.69) is 10.2 Å². The quantitative estimate of drug-likeness (QED) is 0.716. The molecule has 2 saturated heterocycles. The van der Waals surface area contributed by atoms with Gasteiger partial charge in [0.05, 0.1) is 6.10 Å². The van der Waals surface area contributed by atoms with E-state index >= 15 is 0 Å². The molecule has 3 amide bonds. The van der Waals surface area contributed by atoms with Gasteiger partial charge in [0.1, 0.15) is 17.9 Å². The zero-order chi connectivity index (χ0) is 21.5. The fourth-order valence-corrected chi connectivity index (χ4v) is 5.51. The van der Waals surface area contributed by atoms with Crippen LogP contribution in [0.15, 0.2) is 18.2 Å². The number of carbonyl (C=O) groups is 3. The second-order valence-corrected chi connectivity index (χ2v) is 9.01. The summed E-state index contributed by atoms with van der Waals surface area (Å²) in [6.45, 7) is 2.37. The van der Waals surface area contributed by atoms with Crippen molar-refractivity contribution < 1.29 is 23.9 Å². The van der Waals surface area contributed by atoms with Crippen molar-refractivity contribution in [3.8, 4) is 5.75 Å². The Morgan fingerprint density at radius 1 is 1.10 bits per heavy atom. The van der Waals surface area contributed by atoms with Crippen molar-refractivity contribution in [2.45, 2.75) is 69.4 Å². The third kappa shape index (κ3) is 3.83. The maximum absolute atomic E-state index is 12.9. The molecule has 1 saturated carbocycles. The molecule has 0 radical (unpaired) electrons. The third-order valence-corrected chi connectivity index (χ3v) is 7.18. The van der Waals surface area contributed by atoms with Crippen LogP contribution in [0.2, 0.25) is 0 Å². The Kier molecular flexibility index (Phi) is 5.44. The molecule has 8 heteroatoms. The van der Waals surface area contributed by atoms with Crippen molar-refractivity contribution in [1.29, 1.82) is 0 Å². The number of likely N-dealkylation sites (tertiary alicyclic amines) is 1. The van der Waals surface area contributed by atoms with Crippen LogP contribution in [0, 0.1) is 0 Å². The van der Waals surface area contributed by atoms with Crippen LogP contribution >= 0.6 is 0 Å². The first-order valence-electron chi connectivity index (χ1n) is 11.2. The van der Waals surface area contributed by atoms with Crippen LogP contribution in [0.3, 0.4) is 0 Å². The van der Waals surface area contributed by atoms with Gasteiger partial charge < -0.3 is 14.4 Å². The SMILES string of the molecule is COC1CCN(C2CCCC2Oc2ccc3c(c2)CN(C2CCC(=O)NC2=O)C3=O)C1. The third-order valence-electron chi connectivity index (χ3n) is 7.18. The summed E-state index contributed by atoms with van der Waals surface area (Å²) < 4.78 is 11.9. The Hall–Kier alpha value is -2.45. The van der Waals surface area contributed by atoms with Crippen molar-refractivity contribution >= 4 is 17.7 Å². The Bertz CT molecular complexity index is 903. The van der Waals surface area contributed by atoms with Crippen molar-refractivity contribution in [2.24, 2.45) is 0 Å². The number of carbonyl (C=O) groups excluding carboxylic acids is 3. The Labute approximate surface area is 181 Å². The molecule has 8 nitrogen and oxygen atoms in total. The Morgan fingerprint density at radius 3 is 2.74 bits per heavy atom. The summed E-state index contributed by atoms with van der Waals surface area (Å²) in [6, 6.07) is 5.41. The minimum absolute atomic E-state index is 0.136. The summed E-state index contributed by atoms with van der Waals surface area (Å²) in [7, 11) is 1.78. The van der Waals surface area contributed by atoms with Crippen LogP contribution in [0.25, 0.3) is 0 Å². The van der Waals surface area contributed by atoms with Crippen molar-refractivity contribution in [3.05, 3.63) is 29.3 Å². The van der Waals surface area contributed by atoms with E-state index in [1.165, 1.54) is 0 Å². The lowest BCUT2D eigenvalue weighted by atomic mass is 10.0. The minimum atomic E-state index is -0.593. The molecule has 1 aromatic carbocycles. The molecular weight excluding hydrogens is 398 g/mol. The summed E-state index contributed by atoms with van der Waals surface area (Å²) >= 11 is 0. The number of piperidine rings is 1. The van der Waals surface area contributed by atoms with Gasteiger partial charge in [0.2, 0.25) is 11.8 Å². The molecule has 3 fully saturated rings.